The molecule has 2 N–H and O–H groups in total. The van der Waals surface area contributed by atoms with Gasteiger partial charge < -0.3 is 10.4 Å². The van der Waals surface area contributed by atoms with Crippen LogP contribution in [0.5, 0.6) is 5.75 Å². The van der Waals surface area contributed by atoms with Crippen LogP contribution in [0.1, 0.15) is 33.2 Å². The number of halogens is 2. The summed E-state index contributed by atoms with van der Waals surface area (Å²) in [5.41, 5.74) is 2.08. The zero-order valence-corrected chi connectivity index (χ0v) is 19.7. The Morgan fingerprint density at radius 2 is 1.76 bits per heavy atom. The molecule has 1 amide bonds. The van der Waals surface area contributed by atoms with Crippen molar-refractivity contribution in [2.24, 2.45) is 0 Å². The third kappa shape index (κ3) is 6.63. The summed E-state index contributed by atoms with van der Waals surface area (Å²) >= 11 is 8.96. The van der Waals surface area contributed by atoms with Crippen molar-refractivity contribution in [1.82, 2.24) is 5.32 Å². The molecule has 0 fully saturated rings. The molecule has 2 aromatic carbocycles. The van der Waals surface area contributed by atoms with Crippen molar-refractivity contribution < 1.29 is 56.0 Å². The fourth-order valence-electron chi connectivity index (χ4n) is 2.26. The first kappa shape index (κ1) is 22.6. The Hall–Kier alpha value is -0.486. The molecule has 0 aromatic heterocycles. The summed E-state index contributed by atoms with van der Waals surface area (Å²) in [6.45, 7) is 1.90. The third-order valence-electron chi connectivity index (χ3n) is 3.53. The van der Waals surface area contributed by atoms with Gasteiger partial charge in [0.2, 0.25) is 0 Å². The van der Waals surface area contributed by atoms with Crippen LogP contribution < -0.4 is 5.32 Å². The Kier molecular flexibility index (Phi) is 9.57. The fourth-order valence-corrected chi connectivity index (χ4v) is 2.77. The Morgan fingerprint density at radius 1 is 1.16 bits per heavy atom. The van der Waals surface area contributed by atoms with Crippen LogP contribution in [0.3, 0.4) is 0 Å². The molecule has 1 atom stereocenters. The molecule has 0 heterocycles. The van der Waals surface area contributed by atoms with E-state index < -0.39 is 0 Å². The molecule has 129 valence electrons. The number of alkyl halides is 1. The van der Waals surface area contributed by atoms with Crippen LogP contribution >= 0.6 is 27.5 Å². The molecular formula is C18H17BrClNO3Pr. The average Bonchev–Trinajstić information content (AvgIpc) is 2.57. The number of rotatable bonds is 6. The predicted octanol–water partition coefficient (Wildman–Crippen LogP) is 3.98. The van der Waals surface area contributed by atoms with E-state index in [1.165, 1.54) is 18.2 Å². The summed E-state index contributed by atoms with van der Waals surface area (Å²) in [6.07, 6.45) is 0.639. The predicted molar refractivity (Wildman–Crippen MR) is 98.3 cm³/mol. The number of benzene rings is 2. The van der Waals surface area contributed by atoms with Crippen LogP contribution in [0, 0.1) is 41.3 Å². The van der Waals surface area contributed by atoms with Crippen LogP contribution in [0.4, 0.5) is 0 Å². The van der Waals surface area contributed by atoms with Gasteiger partial charge >= 0.3 is 0 Å². The van der Waals surface area contributed by atoms with Crippen molar-refractivity contribution in [2.75, 3.05) is 5.33 Å². The molecule has 0 unspecified atom stereocenters. The number of hydrogen-bond acceptors (Lipinski definition) is 3. The van der Waals surface area contributed by atoms with Gasteiger partial charge in [-0.05, 0) is 37.1 Å². The molecule has 1 radical (unpaired) electrons. The summed E-state index contributed by atoms with van der Waals surface area (Å²) in [4.78, 5) is 23.8. The number of carbonyl (C=O) groups is 2. The van der Waals surface area contributed by atoms with E-state index >= 15 is 0 Å². The summed E-state index contributed by atoms with van der Waals surface area (Å²) in [5, 5.41) is 12.7. The van der Waals surface area contributed by atoms with Crippen molar-refractivity contribution in [3.05, 3.63) is 64.2 Å². The van der Waals surface area contributed by atoms with E-state index in [9.17, 15) is 14.7 Å². The Labute approximate surface area is 193 Å². The van der Waals surface area contributed by atoms with Crippen molar-refractivity contribution in [1.29, 1.82) is 0 Å². The first-order chi connectivity index (χ1) is 11.4. The number of Topliss-reactive ketones (excluding diaryl/α,β-unsaturated/α-hetero) is 1. The molecular weight excluding hydrogens is 534 g/mol. The summed E-state index contributed by atoms with van der Waals surface area (Å²) in [6, 6.07) is 11.6. The van der Waals surface area contributed by atoms with E-state index in [4.69, 9.17) is 11.6 Å². The van der Waals surface area contributed by atoms with Gasteiger partial charge in [-0.15, -0.1) is 0 Å². The second-order valence-electron chi connectivity index (χ2n) is 5.50. The number of carbonyl (C=O) groups excluding carboxylic acids is 2. The van der Waals surface area contributed by atoms with Crippen molar-refractivity contribution in [2.45, 2.75) is 19.4 Å². The third-order valence-corrected chi connectivity index (χ3v) is 4.34. The Balaban J connectivity index is 0.00000312. The van der Waals surface area contributed by atoms with E-state index in [1.807, 2.05) is 19.1 Å². The first-order valence-corrected chi connectivity index (χ1v) is 8.88. The number of nitrogens with one attached hydrogen (secondary N) is 1. The molecule has 0 aliphatic carbocycles. The first-order valence-electron chi connectivity index (χ1n) is 7.38. The maximum Gasteiger partial charge on any atom is 0.251 e. The smallest absolute Gasteiger partial charge is 0.251 e. The summed E-state index contributed by atoms with van der Waals surface area (Å²) < 4.78 is 0. The van der Waals surface area contributed by atoms with Crippen LogP contribution in [-0.4, -0.2) is 28.2 Å². The van der Waals surface area contributed by atoms with E-state index in [0.29, 0.717) is 22.9 Å². The van der Waals surface area contributed by atoms with Gasteiger partial charge in [0, 0.05) is 58.5 Å². The van der Waals surface area contributed by atoms with Crippen LogP contribution in [0.2, 0.25) is 5.02 Å². The SMILES string of the molecule is C[C@H](Cc1ccc(C(=O)CBr)cc1)NC(=O)c1ccc(O)c(Cl)c1.[Pr]. The fraction of sp³-hybridized carbons (Fsp3) is 0.222. The maximum atomic E-state index is 12.2. The standard InChI is InChI=1S/C18H17BrClNO3.Pr/c1-11(8-12-2-4-13(5-3-12)17(23)10-19)21-18(24)14-6-7-16(22)15(20)9-14;/h2-7,9,11,22H,8,10H2,1H3,(H,21,24);/t11-;/m1./s1. The molecule has 0 saturated heterocycles. The monoisotopic (exact) mass is 550 g/mol. The van der Waals surface area contributed by atoms with E-state index in [1.54, 1.807) is 12.1 Å². The summed E-state index contributed by atoms with van der Waals surface area (Å²) in [7, 11) is 0. The van der Waals surface area contributed by atoms with E-state index in [-0.39, 0.29) is 69.8 Å². The molecule has 0 aliphatic rings. The number of amides is 1. The molecule has 4 nitrogen and oxygen atoms in total. The number of aromatic hydroxyl groups is 1. The molecule has 2 aromatic rings. The van der Waals surface area contributed by atoms with Crippen LogP contribution in [-0.2, 0) is 6.42 Å². The largest absolute Gasteiger partial charge is 0.506 e. The van der Waals surface area contributed by atoms with Gasteiger partial charge in [0.1, 0.15) is 5.75 Å². The van der Waals surface area contributed by atoms with Gasteiger partial charge in [0.15, 0.2) is 5.78 Å². The Morgan fingerprint density at radius 3 is 2.32 bits per heavy atom. The number of phenols is 1. The zero-order valence-electron chi connectivity index (χ0n) is 13.6. The minimum Gasteiger partial charge on any atom is -0.506 e. The van der Waals surface area contributed by atoms with Gasteiger partial charge in [0.25, 0.3) is 5.91 Å². The molecule has 25 heavy (non-hydrogen) atoms. The molecule has 0 aliphatic heterocycles. The minimum absolute atomic E-state index is 0. The van der Waals surface area contributed by atoms with Crippen molar-refractivity contribution >= 4 is 39.2 Å². The van der Waals surface area contributed by atoms with Crippen LogP contribution in [0.25, 0.3) is 0 Å². The second kappa shape index (κ2) is 10.6. The van der Waals surface area contributed by atoms with Gasteiger partial charge in [-0.1, -0.05) is 51.8 Å². The van der Waals surface area contributed by atoms with Crippen molar-refractivity contribution in [3.8, 4) is 5.75 Å². The van der Waals surface area contributed by atoms with Crippen molar-refractivity contribution in [3.63, 3.8) is 0 Å². The zero-order chi connectivity index (χ0) is 17.7. The van der Waals surface area contributed by atoms with Gasteiger partial charge in [0.05, 0.1) is 10.4 Å². The molecule has 0 saturated carbocycles. The summed E-state index contributed by atoms with van der Waals surface area (Å²) in [5.74, 6) is -0.276. The molecule has 0 bridgehead atoms. The van der Waals surface area contributed by atoms with Gasteiger partial charge in [-0.25, -0.2) is 0 Å². The van der Waals surface area contributed by atoms with Crippen LogP contribution in [0.15, 0.2) is 42.5 Å². The van der Waals surface area contributed by atoms with E-state index in [0.717, 1.165) is 5.56 Å². The Bertz CT molecular complexity index is 752. The average molecular weight is 552 g/mol. The molecule has 2 rings (SSSR count). The number of ketones is 1. The maximum absolute atomic E-state index is 12.2. The normalized spacial score (nSPS) is 11.3. The number of phenolic OH excluding ortho intramolecular Hbond substituents is 1. The minimum atomic E-state index is -0.254. The number of hydrogen-bond donors (Lipinski definition) is 2. The molecule has 0 spiro atoms. The second-order valence-corrected chi connectivity index (χ2v) is 6.47. The van der Waals surface area contributed by atoms with Gasteiger partial charge in [-0.2, -0.15) is 0 Å². The van der Waals surface area contributed by atoms with E-state index in [2.05, 4.69) is 21.2 Å². The van der Waals surface area contributed by atoms with Gasteiger partial charge in [-0.3, -0.25) is 9.59 Å². The topological polar surface area (TPSA) is 66.4 Å². The molecule has 7 heteroatoms. The quantitative estimate of drug-likeness (QED) is 0.422.